The van der Waals surface area contributed by atoms with Gasteiger partial charge in [-0.15, -0.1) is 0 Å². The first kappa shape index (κ1) is 13.8. The minimum Gasteiger partial charge on any atom is -0.309 e. The first-order chi connectivity index (χ1) is 9.18. The monoisotopic (exact) mass is 257 g/mol. The summed E-state index contributed by atoms with van der Waals surface area (Å²) in [7, 11) is 0. The van der Waals surface area contributed by atoms with E-state index in [4.69, 9.17) is 0 Å². The van der Waals surface area contributed by atoms with Gasteiger partial charge in [0.05, 0.1) is 6.20 Å². The van der Waals surface area contributed by atoms with Gasteiger partial charge < -0.3 is 5.32 Å². The predicted molar refractivity (Wildman–Crippen MR) is 79.0 cm³/mol. The number of aromatic nitrogens is 2. The van der Waals surface area contributed by atoms with Gasteiger partial charge in [0, 0.05) is 24.3 Å². The highest BCUT2D eigenvalue weighted by molar-refractivity contribution is 5.20. The van der Waals surface area contributed by atoms with E-state index in [0.29, 0.717) is 17.9 Å². The zero-order valence-corrected chi connectivity index (χ0v) is 11.9. The highest BCUT2D eigenvalue weighted by Gasteiger charge is 2.17. The summed E-state index contributed by atoms with van der Waals surface area (Å²) in [6, 6.07) is 11.1. The van der Waals surface area contributed by atoms with Gasteiger partial charge in [0.2, 0.25) is 0 Å². The lowest BCUT2D eigenvalue weighted by molar-refractivity contribution is 0.436. The van der Waals surface area contributed by atoms with Crippen LogP contribution in [-0.2, 0) is 0 Å². The fourth-order valence-corrected chi connectivity index (χ4v) is 2.36. The van der Waals surface area contributed by atoms with Gasteiger partial charge in [0.1, 0.15) is 0 Å². The van der Waals surface area contributed by atoms with Crippen molar-refractivity contribution in [2.45, 2.75) is 32.7 Å². The number of nitrogens with one attached hydrogen (secondary N) is 2. The van der Waals surface area contributed by atoms with Crippen molar-refractivity contribution in [1.29, 1.82) is 0 Å². The molecule has 0 aliphatic rings. The van der Waals surface area contributed by atoms with Gasteiger partial charge in [-0.1, -0.05) is 44.2 Å². The van der Waals surface area contributed by atoms with Crippen LogP contribution in [0.5, 0.6) is 0 Å². The molecule has 2 N–H and O–H groups in total. The molecule has 0 radical (unpaired) electrons. The zero-order chi connectivity index (χ0) is 13.7. The van der Waals surface area contributed by atoms with Crippen LogP contribution in [0.3, 0.4) is 0 Å². The predicted octanol–water partition coefficient (Wildman–Crippen LogP) is 3.50. The Hall–Kier alpha value is -1.61. The average Bonchev–Trinajstić information content (AvgIpc) is 2.93. The lowest BCUT2D eigenvalue weighted by atomic mass is 9.88. The first-order valence-corrected chi connectivity index (χ1v) is 6.95. The van der Waals surface area contributed by atoms with E-state index in [1.165, 1.54) is 11.1 Å². The van der Waals surface area contributed by atoms with Crippen LogP contribution in [0.2, 0.25) is 0 Å². The fourth-order valence-electron chi connectivity index (χ4n) is 2.36. The topological polar surface area (TPSA) is 40.7 Å². The van der Waals surface area contributed by atoms with Crippen molar-refractivity contribution in [3.8, 4) is 0 Å². The zero-order valence-electron chi connectivity index (χ0n) is 11.9. The summed E-state index contributed by atoms with van der Waals surface area (Å²) in [6.07, 6.45) is 3.83. The van der Waals surface area contributed by atoms with Crippen LogP contribution >= 0.6 is 0 Å². The Balaban J connectivity index is 1.98. The normalized spacial score (nSPS) is 14.5. The number of benzene rings is 1. The lowest BCUT2D eigenvalue weighted by Crippen LogP contribution is -2.27. The average molecular weight is 257 g/mol. The molecule has 0 fully saturated rings. The number of hydrogen-bond donors (Lipinski definition) is 2. The molecule has 2 aromatic rings. The van der Waals surface area contributed by atoms with Crippen molar-refractivity contribution < 1.29 is 0 Å². The van der Waals surface area contributed by atoms with Gasteiger partial charge >= 0.3 is 0 Å². The molecule has 0 bridgehead atoms. The molecule has 102 valence electrons. The molecule has 2 rings (SSSR count). The fraction of sp³-hybridized carbons (Fsp3) is 0.438. The van der Waals surface area contributed by atoms with Crippen molar-refractivity contribution in [1.82, 2.24) is 15.5 Å². The van der Waals surface area contributed by atoms with Crippen LogP contribution in [0.4, 0.5) is 0 Å². The molecule has 0 aliphatic heterocycles. The van der Waals surface area contributed by atoms with E-state index < -0.39 is 0 Å². The summed E-state index contributed by atoms with van der Waals surface area (Å²) >= 11 is 0. The van der Waals surface area contributed by atoms with Crippen LogP contribution in [0.25, 0.3) is 0 Å². The molecule has 3 heteroatoms. The van der Waals surface area contributed by atoms with Gasteiger partial charge in [0.25, 0.3) is 0 Å². The maximum atomic E-state index is 4.00. The van der Waals surface area contributed by atoms with Gasteiger partial charge in [0.15, 0.2) is 0 Å². The van der Waals surface area contributed by atoms with E-state index >= 15 is 0 Å². The van der Waals surface area contributed by atoms with Crippen LogP contribution in [0.15, 0.2) is 42.7 Å². The second kappa shape index (κ2) is 6.53. The van der Waals surface area contributed by atoms with Gasteiger partial charge in [-0.3, -0.25) is 5.10 Å². The number of hydrogen-bond acceptors (Lipinski definition) is 2. The molecule has 2 unspecified atom stereocenters. The van der Waals surface area contributed by atoms with Crippen molar-refractivity contribution >= 4 is 0 Å². The van der Waals surface area contributed by atoms with Crippen molar-refractivity contribution in [3.63, 3.8) is 0 Å². The molecule has 2 atom stereocenters. The van der Waals surface area contributed by atoms with Gasteiger partial charge in [-0.05, 0) is 24.3 Å². The number of nitrogens with zero attached hydrogens (tertiary/aromatic N) is 1. The summed E-state index contributed by atoms with van der Waals surface area (Å²) in [6.45, 7) is 7.71. The summed E-state index contributed by atoms with van der Waals surface area (Å²) in [5, 5.41) is 10.5. The Morgan fingerprint density at radius 3 is 2.42 bits per heavy atom. The van der Waals surface area contributed by atoms with E-state index in [2.05, 4.69) is 66.6 Å². The Morgan fingerprint density at radius 2 is 1.84 bits per heavy atom. The minimum atomic E-state index is 0.323. The number of rotatable bonds is 6. The third-order valence-corrected chi connectivity index (χ3v) is 3.70. The van der Waals surface area contributed by atoms with Crippen LogP contribution in [0, 0.1) is 5.92 Å². The molecule has 0 saturated heterocycles. The standard InChI is InChI=1S/C16H23N3/c1-12(2)16(14-7-5-4-6-8-14)11-17-13(3)15-9-18-19-10-15/h4-10,12-13,16-17H,11H2,1-3H3,(H,18,19). The largest absolute Gasteiger partial charge is 0.309 e. The van der Waals surface area contributed by atoms with Crippen LogP contribution < -0.4 is 5.32 Å². The quantitative estimate of drug-likeness (QED) is 0.831. The minimum absolute atomic E-state index is 0.323. The second-order valence-electron chi connectivity index (χ2n) is 5.42. The molecule has 0 saturated carbocycles. The Bertz CT molecular complexity index is 462. The van der Waals surface area contributed by atoms with Gasteiger partial charge in [-0.25, -0.2) is 0 Å². The Kier molecular flexibility index (Phi) is 4.74. The number of H-pyrrole nitrogens is 1. The van der Waals surface area contributed by atoms with Crippen LogP contribution in [0.1, 0.15) is 43.9 Å². The molecule has 3 nitrogen and oxygen atoms in total. The molecule has 19 heavy (non-hydrogen) atoms. The number of aromatic amines is 1. The third-order valence-electron chi connectivity index (χ3n) is 3.70. The van der Waals surface area contributed by atoms with E-state index in [1.807, 2.05) is 12.4 Å². The molecule has 0 amide bonds. The second-order valence-corrected chi connectivity index (χ2v) is 5.42. The molecule has 1 heterocycles. The molecular weight excluding hydrogens is 234 g/mol. The SMILES string of the molecule is CC(NCC(c1ccccc1)C(C)C)c1cn[nH]c1. The maximum absolute atomic E-state index is 4.00. The Morgan fingerprint density at radius 1 is 1.11 bits per heavy atom. The highest BCUT2D eigenvalue weighted by atomic mass is 15.1. The summed E-state index contributed by atoms with van der Waals surface area (Å²) in [4.78, 5) is 0. The van der Waals surface area contributed by atoms with E-state index in [9.17, 15) is 0 Å². The van der Waals surface area contributed by atoms with E-state index in [1.54, 1.807) is 0 Å². The van der Waals surface area contributed by atoms with Crippen molar-refractivity contribution in [2.75, 3.05) is 6.54 Å². The molecule has 1 aromatic carbocycles. The van der Waals surface area contributed by atoms with Crippen LogP contribution in [-0.4, -0.2) is 16.7 Å². The smallest absolute Gasteiger partial charge is 0.0534 e. The van der Waals surface area contributed by atoms with E-state index in [0.717, 1.165) is 6.54 Å². The van der Waals surface area contributed by atoms with Crippen molar-refractivity contribution in [2.24, 2.45) is 5.92 Å². The van der Waals surface area contributed by atoms with Gasteiger partial charge in [-0.2, -0.15) is 5.10 Å². The lowest BCUT2D eigenvalue weighted by Gasteiger charge is -2.24. The maximum Gasteiger partial charge on any atom is 0.0534 e. The third kappa shape index (κ3) is 3.67. The first-order valence-electron chi connectivity index (χ1n) is 6.95. The highest BCUT2D eigenvalue weighted by Crippen LogP contribution is 2.24. The summed E-state index contributed by atoms with van der Waals surface area (Å²) < 4.78 is 0. The molecule has 0 spiro atoms. The Labute approximate surface area is 115 Å². The molecule has 0 aliphatic carbocycles. The summed E-state index contributed by atoms with van der Waals surface area (Å²) in [5.41, 5.74) is 2.61. The van der Waals surface area contributed by atoms with E-state index in [-0.39, 0.29) is 0 Å². The molecular formula is C16H23N3. The molecule has 1 aromatic heterocycles. The van der Waals surface area contributed by atoms with Crippen molar-refractivity contribution in [3.05, 3.63) is 53.9 Å². The summed E-state index contributed by atoms with van der Waals surface area (Å²) in [5.74, 6) is 1.15.